The molecule has 1 heterocycles. The zero-order valence-corrected chi connectivity index (χ0v) is 11.4. The summed E-state index contributed by atoms with van der Waals surface area (Å²) in [6, 6.07) is 2.52. The van der Waals surface area contributed by atoms with Crippen LogP contribution in [0, 0.1) is 15.9 Å². The second-order valence-corrected chi connectivity index (χ2v) is 6.29. The Hall–Kier alpha value is -1.58. The fourth-order valence-corrected chi connectivity index (χ4v) is 3.57. The van der Waals surface area contributed by atoms with Gasteiger partial charge in [0.05, 0.1) is 4.92 Å². The van der Waals surface area contributed by atoms with Crippen LogP contribution in [-0.4, -0.2) is 43.8 Å². The SMILES string of the molecule is O=[N+]([O-])c1ccc(F)c(S(=O)(=O)N2CCCNCC2)c1. The second kappa shape index (κ2) is 5.81. The van der Waals surface area contributed by atoms with Gasteiger partial charge in [0.25, 0.3) is 5.69 Å². The number of benzene rings is 1. The van der Waals surface area contributed by atoms with Crippen molar-refractivity contribution in [2.24, 2.45) is 0 Å². The number of non-ortho nitro benzene ring substituents is 1. The van der Waals surface area contributed by atoms with E-state index in [0.29, 0.717) is 19.5 Å². The Morgan fingerprint density at radius 3 is 2.75 bits per heavy atom. The summed E-state index contributed by atoms with van der Waals surface area (Å²) in [5, 5.41) is 13.7. The molecule has 20 heavy (non-hydrogen) atoms. The van der Waals surface area contributed by atoms with Gasteiger partial charge in [-0.1, -0.05) is 0 Å². The number of halogens is 1. The molecule has 7 nitrogen and oxygen atoms in total. The lowest BCUT2D eigenvalue weighted by Crippen LogP contribution is -2.34. The van der Waals surface area contributed by atoms with E-state index in [0.717, 1.165) is 22.5 Å². The molecule has 0 amide bonds. The van der Waals surface area contributed by atoms with Crippen molar-refractivity contribution >= 4 is 15.7 Å². The number of nitro groups is 1. The molecule has 1 aliphatic heterocycles. The molecule has 110 valence electrons. The molecule has 0 bridgehead atoms. The van der Waals surface area contributed by atoms with Crippen LogP contribution < -0.4 is 5.32 Å². The van der Waals surface area contributed by atoms with Crippen LogP contribution in [0.1, 0.15) is 6.42 Å². The van der Waals surface area contributed by atoms with Crippen LogP contribution in [0.15, 0.2) is 23.1 Å². The van der Waals surface area contributed by atoms with Gasteiger partial charge in [0, 0.05) is 31.8 Å². The van der Waals surface area contributed by atoms with Crippen LogP contribution in [0.5, 0.6) is 0 Å². The Balaban J connectivity index is 2.42. The predicted molar refractivity (Wildman–Crippen MR) is 69.3 cm³/mol. The van der Waals surface area contributed by atoms with Crippen LogP contribution in [0.2, 0.25) is 0 Å². The normalized spacial score (nSPS) is 17.6. The van der Waals surface area contributed by atoms with Gasteiger partial charge in [0.15, 0.2) is 0 Å². The highest BCUT2D eigenvalue weighted by molar-refractivity contribution is 7.89. The number of nitrogens with one attached hydrogen (secondary N) is 1. The fourth-order valence-electron chi connectivity index (χ4n) is 2.00. The Morgan fingerprint density at radius 1 is 1.30 bits per heavy atom. The fraction of sp³-hybridized carbons (Fsp3) is 0.455. The monoisotopic (exact) mass is 303 g/mol. The van der Waals surface area contributed by atoms with E-state index in [9.17, 15) is 22.9 Å². The molecule has 0 saturated carbocycles. The van der Waals surface area contributed by atoms with E-state index in [2.05, 4.69) is 5.32 Å². The van der Waals surface area contributed by atoms with Gasteiger partial charge in [-0.3, -0.25) is 10.1 Å². The summed E-state index contributed by atoms with van der Waals surface area (Å²) in [7, 11) is -4.06. The average molecular weight is 303 g/mol. The highest BCUT2D eigenvalue weighted by atomic mass is 32.2. The molecular weight excluding hydrogens is 289 g/mol. The smallest absolute Gasteiger partial charge is 0.270 e. The van der Waals surface area contributed by atoms with Crippen molar-refractivity contribution < 1.29 is 17.7 Å². The van der Waals surface area contributed by atoms with Crippen molar-refractivity contribution in [3.8, 4) is 0 Å². The number of rotatable bonds is 3. The van der Waals surface area contributed by atoms with E-state index in [1.54, 1.807) is 0 Å². The van der Waals surface area contributed by atoms with Crippen LogP contribution in [0.4, 0.5) is 10.1 Å². The van der Waals surface area contributed by atoms with Gasteiger partial charge in [-0.15, -0.1) is 0 Å². The molecule has 0 radical (unpaired) electrons. The summed E-state index contributed by atoms with van der Waals surface area (Å²) in [6.45, 7) is 1.63. The lowest BCUT2D eigenvalue weighted by atomic mass is 10.3. The van der Waals surface area contributed by atoms with Crippen LogP contribution in [0.25, 0.3) is 0 Å². The maximum absolute atomic E-state index is 13.7. The first-order valence-electron chi connectivity index (χ1n) is 6.08. The minimum atomic E-state index is -4.06. The Kier molecular flexibility index (Phi) is 4.31. The van der Waals surface area contributed by atoms with Crippen LogP contribution >= 0.6 is 0 Å². The van der Waals surface area contributed by atoms with Crippen molar-refractivity contribution in [2.75, 3.05) is 26.2 Å². The lowest BCUT2D eigenvalue weighted by Gasteiger charge is -2.19. The third-order valence-corrected chi connectivity index (χ3v) is 4.96. The Labute approximate surface area is 115 Å². The molecule has 1 aromatic carbocycles. The number of hydrogen-bond donors (Lipinski definition) is 1. The largest absolute Gasteiger partial charge is 0.315 e. The van der Waals surface area contributed by atoms with E-state index >= 15 is 0 Å². The summed E-state index contributed by atoms with van der Waals surface area (Å²) in [6.07, 6.45) is 0.607. The van der Waals surface area contributed by atoms with Crippen molar-refractivity contribution in [3.05, 3.63) is 34.1 Å². The van der Waals surface area contributed by atoms with Crippen molar-refractivity contribution in [1.82, 2.24) is 9.62 Å². The molecule has 0 aromatic heterocycles. The zero-order valence-electron chi connectivity index (χ0n) is 10.6. The topological polar surface area (TPSA) is 92.5 Å². The third-order valence-electron chi connectivity index (χ3n) is 3.04. The molecule has 1 saturated heterocycles. The standard InChI is InChI=1S/C11H14FN3O4S/c12-10-3-2-9(15(16)17)8-11(10)20(18,19)14-6-1-4-13-5-7-14/h2-3,8,13H,1,4-7H2. The summed E-state index contributed by atoms with van der Waals surface area (Å²) in [5.74, 6) is -0.979. The van der Waals surface area contributed by atoms with Gasteiger partial charge in [0.2, 0.25) is 10.0 Å². The number of sulfonamides is 1. The molecule has 1 fully saturated rings. The maximum Gasteiger partial charge on any atom is 0.270 e. The first-order valence-corrected chi connectivity index (χ1v) is 7.52. The molecule has 2 rings (SSSR count). The molecule has 1 aliphatic rings. The van der Waals surface area contributed by atoms with Gasteiger partial charge in [-0.2, -0.15) is 4.31 Å². The van der Waals surface area contributed by atoms with E-state index in [1.165, 1.54) is 0 Å². The molecule has 9 heteroatoms. The molecule has 0 spiro atoms. The van der Waals surface area contributed by atoms with Crippen LogP contribution in [0.3, 0.4) is 0 Å². The van der Waals surface area contributed by atoms with Crippen molar-refractivity contribution in [1.29, 1.82) is 0 Å². The third kappa shape index (κ3) is 2.94. The van der Waals surface area contributed by atoms with E-state index in [-0.39, 0.29) is 13.1 Å². The first kappa shape index (κ1) is 14.8. The Bertz CT molecular complexity index is 612. The number of nitro benzene ring substituents is 1. The van der Waals surface area contributed by atoms with Crippen molar-refractivity contribution in [2.45, 2.75) is 11.3 Å². The molecule has 0 aliphatic carbocycles. The van der Waals surface area contributed by atoms with E-state index < -0.39 is 31.3 Å². The van der Waals surface area contributed by atoms with Crippen molar-refractivity contribution in [3.63, 3.8) is 0 Å². The number of hydrogen-bond acceptors (Lipinski definition) is 5. The lowest BCUT2D eigenvalue weighted by molar-refractivity contribution is -0.385. The average Bonchev–Trinajstić information content (AvgIpc) is 2.68. The summed E-state index contributed by atoms with van der Waals surface area (Å²) >= 11 is 0. The predicted octanol–water partition coefficient (Wildman–Crippen LogP) is 0.718. The van der Waals surface area contributed by atoms with Gasteiger partial charge in [-0.25, -0.2) is 12.8 Å². The van der Waals surface area contributed by atoms with Gasteiger partial charge >= 0.3 is 0 Å². The molecule has 1 N–H and O–H groups in total. The van der Waals surface area contributed by atoms with E-state index in [1.807, 2.05) is 0 Å². The minimum absolute atomic E-state index is 0.213. The zero-order chi connectivity index (χ0) is 14.8. The number of nitrogens with zero attached hydrogens (tertiary/aromatic N) is 2. The Morgan fingerprint density at radius 2 is 2.05 bits per heavy atom. The molecule has 0 atom stereocenters. The summed E-state index contributed by atoms with van der Waals surface area (Å²) in [4.78, 5) is 9.29. The summed E-state index contributed by atoms with van der Waals surface area (Å²) < 4.78 is 39.6. The van der Waals surface area contributed by atoms with Crippen LogP contribution in [-0.2, 0) is 10.0 Å². The molecular formula is C11H14FN3O4S. The maximum atomic E-state index is 13.7. The highest BCUT2D eigenvalue weighted by Crippen LogP contribution is 2.24. The van der Waals surface area contributed by atoms with Gasteiger partial charge < -0.3 is 5.32 Å². The van der Waals surface area contributed by atoms with E-state index in [4.69, 9.17) is 0 Å². The van der Waals surface area contributed by atoms with Gasteiger partial charge in [0.1, 0.15) is 10.7 Å². The summed E-state index contributed by atoms with van der Waals surface area (Å²) in [5.41, 5.74) is -0.446. The highest BCUT2D eigenvalue weighted by Gasteiger charge is 2.29. The minimum Gasteiger partial charge on any atom is -0.315 e. The van der Waals surface area contributed by atoms with Gasteiger partial charge in [-0.05, 0) is 19.0 Å². The second-order valence-electron chi connectivity index (χ2n) is 4.38. The molecule has 1 aromatic rings. The quantitative estimate of drug-likeness (QED) is 0.656. The molecule has 0 unspecified atom stereocenters. The first-order chi connectivity index (χ1) is 9.43.